The molecule has 0 saturated heterocycles. The molecular weight excluding hydrogens is 259 g/mol. The molecule has 1 fully saturated rings. The average molecular weight is 275 g/mol. The number of ether oxygens (including phenoxy) is 1. The molecule has 0 unspecified atom stereocenters. The van der Waals surface area contributed by atoms with Gasteiger partial charge in [0, 0.05) is 18.9 Å². The topological polar surface area (TPSA) is 42.4 Å². The summed E-state index contributed by atoms with van der Waals surface area (Å²) in [6.07, 6.45) is -0.238. The molecule has 0 radical (unpaired) electrons. The molecule has 1 aromatic heterocycles. The Bertz CT molecular complexity index is 415. The van der Waals surface area contributed by atoms with E-state index >= 15 is 0 Å². The Labute approximate surface area is 109 Å². The predicted molar refractivity (Wildman–Crippen MR) is 62.7 cm³/mol. The number of aliphatic hydroxyl groups is 1. The minimum absolute atomic E-state index is 0.0160. The maximum Gasteiger partial charge on any atom is 0.416 e. The second-order valence-electron chi connectivity index (χ2n) is 4.82. The predicted octanol–water partition coefficient (Wildman–Crippen LogP) is 3.03. The molecule has 1 aromatic rings. The molecule has 1 aliphatic carbocycles. The van der Waals surface area contributed by atoms with E-state index in [0.717, 1.165) is 44.0 Å². The van der Waals surface area contributed by atoms with Crippen molar-refractivity contribution in [1.82, 2.24) is 4.98 Å². The Morgan fingerprint density at radius 3 is 2.53 bits per heavy atom. The summed E-state index contributed by atoms with van der Waals surface area (Å²) < 4.78 is 43.1. The van der Waals surface area contributed by atoms with Crippen LogP contribution in [0.1, 0.15) is 31.2 Å². The van der Waals surface area contributed by atoms with E-state index in [4.69, 9.17) is 9.84 Å². The lowest BCUT2D eigenvalue weighted by Gasteiger charge is -2.27. The Balaban J connectivity index is 1.97. The van der Waals surface area contributed by atoms with Crippen LogP contribution in [0.2, 0.25) is 0 Å². The number of alkyl halides is 3. The molecule has 19 heavy (non-hydrogen) atoms. The van der Waals surface area contributed by atoms with E-state index in [1.165, 1.54) is 0 Å². The van der Waals surface area contributed by atoms with E-state index in [-0.39, 0.29) is 24.5 Å². The van der Waals surface area contributed by atoms with Crippen LogP contribution in [0.4, 0.5) is 13.2 Å². The van der Waals surface area contributed by atoms with Crippen LogP contribution in [0.3, 0.4) is 0 Å². The van der Waals surface area contributed by atoms with Crippen molar-refractivity contribution in [2.24, 2.45) is 5.92 Å². The SMILES string of the molecule is OCC1CCC(Oc2cc(C(F)(F)F)ccn2)CC1. The summed E-state index contributed by atoms with van der Waals surface area (Å²) in [6, 6.07) is 1.85. The molecule has 0 atom stereocenters. The summed E-state index contributed by atoms with van der Waals surface area (Å²) in [5.74, 6) is 0.302. The van der Waals surface area contributed by atoms with Crippen molar-refractivity contribution < 1.29 is 23.0 Å². The zero-order chi connectivity index (χ0) is 13.9. The fraction of sp³-hybridized carbons (Fsp3) is 0.615. The summed E-state index contributed by atoms with van der Waals surface area (Å²) in [7, 11) is 0. The number of aliphatic hydroxyl groups excluding tert-OH is 1. The van der Waals surface area contributed by atoms with Crippen LogP contribution in [0.15, 0.2) is 18.3 Å². The molecule has 1 aliphatic rings. The number of pyridine rings is 1. The Morgan fingerprint density at radius 1 is 1.26 bits per heavy atom. The number of rotatable bonds is 3. The minimum atomic E-state index is -4.38. The van der Waals surface area contributed by atoms with E-state index < -0.39 is 11.7 Å². The average Bonchev–Trinajstić information content (AvgIpc) is 2.39. The quantitative estimate of drug-likeness (QED) is 0.922. The number of hydrogen-bond donors (Lipinski definition) is 1. The van der Waals surface area contributed by atoms with Gasteiger partial charge >= 0.3 is 6.18 Å². The molecule has 3 nitrogen and oxygen atoms in total. The lowest BCUT2D eigenvalue weighted by Crippen LogP contribution is -2.26. The number of aromatic nitrogens is 1. The van der Waals surface area contributed by atoms with Crippen LogP contribution < -0.4 is 4.74 Å². The second-order valence-corrected chi connectivity index (χ2v) is 4.82. The number of nitrogens with zero attached hydrogens (tertiary/aromatic N) is 1. The third kappa shape index (κ3) is 3.83. The molecule has 0 aliphatic heterocycles. The minimum Gasteiger partial charge on any atom is -0.474 e. The fourth-order valence-electron chi connectivity index (χ4n) is 2.25. The zero-order valence-electron chi connectivity index (χ0n) is 10.4. The third-order valence-corrected chi connectivity index (χ3v) is 3.40. The van der Waals surface area contributed by atoms with Crippen LogP contribution in [0, 0.1) is 5.92 Å². The molecule has 0 spiro atoms. The highest BCUT2D eigenvalue weighted by molar-refractivity contribution is 5.23. The summed E-state index contributed by atoms with van der Waals surface area (Å²) in [5, 5.41) is 9.01. The first-order valence-electron chi connectivity index (χ1n) is 6.30. The molecule has 0 bridgehead atoms. The van der Waals surface area contributed by atoms with Gasteiger partial charge in [-0.25, -0.2) is 4.98 Å². The Kier molecular flexibility index (Phi) is 4.29. The zero-order valence-corrected chi connectivity index (χ0v) is 10.4. The Hall–Kier alpha value is -1.30. The van der Waals surface area contributed by atoms with Gasteiger partial charge in [-0.05, 0) is 37.7 Å². The first kappa shape index (κ1) is 14.1. The van der Waals surface area contributed by atoms with Gasteiger partial charge in [0.2, 0.25) is 5.88 Å². The molecule has 1 saturated carbocycles. The van der Waals surface area contributed by atoms with E-state index in [1.54, 1.807) is 0 Å². The van der Waals surface area contributed by atoms with Crippen LogP contribution in [-0.2, 0) is 6.18 Å². The van der Waals surface area contributed by atoms with Gasteiger partial charge in [0.1, 0.15) is 6.10 Å². The summed E-state index contributed by atoms with van der Waals surface area (Å²) in [6.45, 7) is 0.161. The monoisotopic (exact) mass is 275 g/mol. The largest absolute Gasteiger partial charge is 0.474 e. The van der Waals surface area contributed by atoms with Gasteiger partial charge in [-0.2, -0.15) is 13.2 Å². The summed E-state index contributed by atoms with van der Waals surface area (Å²) >= 11 is 0. The van der Waals surface area contributed by atoms with Crippen molar-refractivity contribution in [2.45, 2.75) is 38.0 Å². The van der Waals surface area contributed by atoms with Crippen molar-refractivity contribution in [3.63, 3.8) is 0 Å². The third-order valence-electron chi connectivity index (χ3n) is 3.40. The van der Waals surface area contributed by atoms with Crippen LogP contribution in [0.5, 0.6) is 5.88 Å². The standard InChI is InChI=1S/C13H16F3NO2/c14-13(15,16)10-5-6-17-12(7-10)19-11-3-1-9(8-18)2-4-11/h5-7,9,11,18H,1-4,8H2. The van der Waals surface area contributed by atoms with E-state index in [0.29, 0.717) is 0 Å². The van der Waals surface area contributed by atoms with E-state index in [1.807, 2.05) is 0 Å². The van der Waals surface area contributed by atoms with Gasteiger partial charge in [0.25, 0.3) is 0 Å². The van der Waals surface area contributed by atoms with Gasteiger partial charge < -0.3 is 9.84 Å². The summed E-state index contributed by atoms with van der Waals surface area (Å²) in [4.78, 5) is 3.81. The highest BCUT2D eigenvalue weighted by Crippen LogP contribution is 2.32. The maximum absolute atomic E-state index is 12.5. The second kappa shape index (κ2) is 5.77. The van der Waals surface area contributed by atoms with Crippen LogP contribution in [-0.4, -0.2) is 22.8 Å². The molecule has 0 amide bonds. The van der Waals surface area contributed by atoms with Crippen molar-refractivity contribution >= 4 is 0 Å². The normalized spacial score (nSPS) is 24.2. The van der Waals surface area contributed by atoms with Gasteiger partial charge in [0.15, 0.2) is 0 Å². The molecule has 6 heteroatoms. The van der Waals surface area contributed by atoms with Gasteiger partial charge in [-0.3, -0.25) is 0 Å². The highest BCUT2D eigenvalue weighted by atomic mass is 19.4. The summed E-state index contributed by atoms with van der Waals surface area (Å²) in [5.41, 5.74) is -0.749. The van der Waals surface area contributed by atoms with Gasteiger partial charge in [0.05, 0.1) is 5.56 Å². The van der Waals surface area contributed by atoms with Crippen molar-refractivity contribution in [2.75, 3.05) is 6.61 Å². The van der Waals surface area contributed by atoms with Crippen molar-refractivity contribution in [1.29, 1.82) is 0 Å². The van der Waals surface area contributed by atoms with E-state index in [9.17, 15) is 13.2 Å². The Morgan fingerprint density at radius 2 is 1.95 bits per heavy atom. The highest BCUT2D eigenvalue weighted by Gasteiger charge is 2.31. The smallest absolute Gasteiger partial charge is 0.416 e. The number of hydrogen-bond acceptors (Lipinski definition) is 3. The van der Waals surface area contributed by atoms with Crippen molar-refractivity contribution in [3.8, 4) is 5.88 Å². The van der Waals surface area contributed by atoms with Crippen molar-refractivity contribution in [3.05, 3.63) is 23.9 Å². The van der Waals surface area contributed by atoms with E-state index in [2.05, 4.69) is 4.98 Å². The van der Waals surface area contributed by atoms with Crippen LogP contribution in [0.25, 0.3) is 0 Å². The van der Waals surface area contributed by atoms with Gasteiger partial charge in [-0.1, -0.05) is 0 Å². The fourth-order valence-corrected chi connectivity index (χ4v) is 2.25. The van der Waals surface area contributed by atoms with Gasteiger partial charge in [-0.15, -0.1) is 0 Å². The molecule has 1 N–H and O–H groups in total. The first-order chi connectivity index (χ1) is 8.99. The molecule has 0 aromatic carbocycles. The molecular formula is C13H16F3NO2. The maximum atomic E-state index is 12.5. The van der Waals surface area contributed by atoms with Crippen LogP contribution >= 0.6 is 0 Å². The first-order valence-corrected chi connectivity index (χ1v) is 6.30. The molecule has 106 valence electrons. The molecule has 2 rings (SSSR count). The molecule has 1 heterocycles. The lowest BCUT2D eigenvalue weighted by molar-refractivity contribution is -0.137. The lowest BCUT2D eigenvalue weighted by atomic mass is 9.88. The number of halogens is 3.